The smallest absolute Gasteiger partial charge is 0.393 e. The first-order valence-corrected chi connectivity index (χ1v) is 5.23. The first-order valence-electron chi connectivity index (χ1n) is 4.24. The largest absolute Gasteiger partial charge is 0.441 e. The van der Waals surface area contributed by atoms with E-state index < -0.39 is 11.6 Å². The van der Waals surface area contributed by atoms with Crippen LogP contribution in [-0.4, -0.2) is 22.5 Å². The summed E-state index contributed by atoms with van der Waals surface area (Å²) in [4.78, 5) is 0. The molecule has 5 heteroatoms. The molecule has 0 saturated heterocycles. The number of hydrogen-bond donors (Lipinski definition) is 1. The highest BCUT2D eigenvalue weighted by Crippen LogP contribution is 2.52. The summed E-state index contributed by atoms with van der Waals surface area (Å²) < 4.78 is 35.3. The van der Waals surface area contributed by atoms with Gasteiger partial charge in [-0.1, -0.05) is 11.8 Å². The molecular formula is C8H13F3OS. The quantitative estimate of drug-likeness (QED) is 0.776. The first-order chi connectivity index (χ1) is 5.86. The van der Waals surface area contributed by atoms with Crippen LogP contribution < -0.4 is 0 Å². The molecule has 0 bridgehead atoms. The molecule has 0 aromatic rings. The van der Waals surface area contributed by atoms with E-state index in [0.717, 1.165) is 12.8 Å². The number of aliphatic hydroxyl groups excluding tert-OH is 1. The van der Waals surface area contributed by atoms with Crippen LogP contribution in [0.15, 0.2) is 0 Å². The Morgan fingerprint density at radius 3 is 2.31 bits per heavy atom. The number of hydrogen-bond acceptors (Lipinski definition) is 2. The summed E-state index contributed by atoms with van der Waals surface area (Å²) in [5.74, 6) is 0.0639. The molecule has 13 heavy (non-hydrogen) atoms. The number of halogens is 3. The monoisotopic (exact) mass is 214 g/mol. The molecule has 0 spiro atoms. The molecule has 0 heterocycles. The molecular weight excluding hydrogens is 201 g/mol. The zero-order valence-electron chi connectivity index (χ0n) is 7.40. The van der Waals surface area contributed by atoms with Crippen molar-refractivity contribution in [2.45, 2.75) is 37.8 Å². The predicted molar refractivity (Wildman–Crippen MR) is 46.5 cm³/mol. The first kappa shape index (κ1) is 11.2. The van der Waals surface area contributed by atoms with Gasteiger partial charge in [-0.05, 0) is 31.6 Å². The van der Waals surface area contributed by atoms with Gasteiger partial charge < -0.3 is 5.11 Å². The van der Waals surface area contributed by atoms with Crippen LogP contribution in [0.4, 0.5) is 13.2 Å². The topological polar surface area (TPSA) is 20.2 Å². The van der Waals surface area contributed by atoms with Gasteiger partial charge in [-0.2, -0.15) is 13.2 Å². The maximum Gasteiger partial charge on any atom is 0.441 e. The molecule has 0 aromatic heterocycles. The van der Waals surface area contributed by atoms with E-state index in [1.807, 2.05) is 0 Å². The molecule has 0 aromatic carbocycles. The molecule has 1 nitrogen and oxygen atoms in total. The summed E-state index contributed by atoms with van der Waals surface area (Å²) in [7, 11) is 0. The highest BCUT2D eigenvalue weighted by molar-refractivity contribution is 8.00. The second-order valence-corrected chi connectivity index (χ2v) is 4.74. The predicted octanol–water partition coefficient (Wildman–Crippen LogP) is 2.79. The fourth-order valence-electron chi connectivity index (χ4n) is 1.41. The average molecular weight is 214 g/mol. The van der Waals surface area contributed by atoms with Crippen LogP contribution in [0.5, 0.6) is 0 Å². The van der Waals surface area contributed by atoms with Gasteiger partial charge in [0.25, 0.3) is 0 Å². The molecule has 0 radical (unpaired) electrons. The van der Waals surface area contributed by atoms with Crippen molar-refractivity contribution in [2.75, 3.05) is 5.75 Å². The van der Waals surface area contributed by atoms with E-state index in [-0.39, 0.29) is 22.9 Å². The Morgan fingerprint density at radius 2 is 2.00 bits per heavy atom. The number of alkyl halides is 3. The lowest BCUT2D eigenvalue weighted by atomic mass is 9.98. The molecule has 1 unspecified atom stereocenters. The summed E-state index contributed by atoms with van der Waals surface area (Å²) in [5.41, 5.74) is -4.33. The van der Waals surface area contributed by atoms with Gasteiger partial charge in [0.05, 0.1) is 6.10 Å². The van der Waals surface area contributed by atoms with Gasteiger partial charge in [0.1, 0.15) is 0 Å². The Kier molecular flexibility index (Phi) is 3.17. The van der Waals surface area contributed by atoms with Gasteiger partial charge in [0, 0.05) is 5.75 Å². The van der Waals surface area contributed by atoms with Crippen molar-refractivity contribution in [3.05, 3.63) is 0 Å². The third-order valence-electron chi connectivity index (χ3n) is 2.64. The third kappa shape index (κ3) is 3.38. The van der Waals surface area contributed by atoms with E-state index >= 15 is 0 Å². The minimum absolute atomic E-state index is 0.00674. The van der Waals surface area contributed by atoms with E-state index in [0.29, 0.717) is 6.42 Å². The fourth-order valence-corrected chi connectivity index (χ4v) is 2.15. The van der Waals surface area contributed by atoms with Gasteiger partial charge in [-0.3, -0.25) is 0 Å². The molecule has 1 saturated carbocycles. The van der Waals surface area contributed by atoms with E-state index in [1.165, 1.54) is 0 Å². The summed E-state index contributed by atoms with van der Waals surface area (Å²) >= 11 is 0.00674. The highest BCUT2D eigenvalue weighted by Gasteiger charge is 2.46. The molecule has 1 N–H and O–H groups in total. The van der Waals surface area contributed by atoms with E-state index in [2.05, 4.69) is 0 Å². The van der Waals surface area contributed by atoms with Crippen molar-refractivity contribution < 1.29 is 18.3 Å². The Bertz CT molecular complexity index is 175. The van der Waals surface area contributed by atoms with Crippen LogP contribution in [0.1, 0.15) is 26.2 Å². The van der Waals surface area contributed by atoms with Crippen molar-refractivity contribution in [1.29, 1.82) is 0 Å². The maximum absolute atomic E-state index is 11.8. The Balaban J connectivity index is 2.20. The molecule has 1 fully saturated rings. The zero-order chi connectivity index (χ0) is 10.1. The number of thioether (sulfide) groups is 1. The Morgan fingerprint density at radius 1 is 1.46 bits per heavy atom. The van der Waals surface area contributed by atoms with Gasteiger partial charge in [-0.25, -0.2) is 0 Å². The van der Waals surface area contributed by atoms with Crippen LogP contribution in [-0.2, 0) is 0 Å². The van der Waals surface area contributed by atoms with Crippen molar-refractivity contribution >= 4 is 11.8 Å². The molecule has 78 valence electrons. The van der Waals surface area contributed by atoms with Gasteiger partial charge in [0.15, 0.2) is 0 Å². The lowest BCUT2D eigenvalue weighted by Gasteiger charge is -2.18. The van der Waals surface area contributed by atoms with E-state index in [4.69, 9.17) is 0 Å². The molecule has 0 aliphatic heterocycles. The lowest BCUT2D eigenvalue weighted by Crippen LogP contribution is -2.19. The fraction of sp³-hybridized carbons (Fsp3) is 1.00. The van der Waals surface area contributed by atoms with Crippen LogP contribution >= 0.6 is 11.8 Å². The number of rotatable bonds is 4. The molecule has 1 aliphatic carbocycles. The van der Waals surface area contributed by atoms with Crippen molar-refractivity contribution in [2.24, 2.45) is 5.41 Å². The van der Waals surface area contributed by atoms with Crippen LogP contribution in [0, 0.1) is 5.41 Å². The van der Waals surface area contributed by atoms with Crippen LogP contribution in [0.2, 0.25) is 0 Å². The molecule has 1 atom stereocenters. The summed E-state index contributed by atoms with van der Waals surface area (Å²) in [6.45, 7) is 1.66. The summed E-state index contributed by atoms with van der Waals surface area (Å²) in [5, 5.41) is 9.28. The SMILES string of the molecule is CC(O)C1(CCSC(F)(F)F)CC1. The minimum Gasteiger partial charge on any atom is -0.393 e. The molecule has 1 rings (SSSR count). The minimum atomic E-state index is -4.13. The lowest BCUT2D eigenvalue weighted by molar-refractivity contribution is -0.0329. The zero-order valence-corrected chi connectivity index (χ0v) is 8.21. The van der Waals surface area contributed by atoms with Crippen LogP contribution in [0.3, 0.4) is 0 Å². The van der Waals surface area contributed by atoms with E-state index in [1.54, 1.807) is 6.92 Å². The summed E-state index contributed by atoms with van der Waals surface area (Å²) in [6.07, 6.45) is 1.72. The van der Waals surface area contributed by atoms with Crippen molar-refractivity contribution in [1.82, 2.24) is 0 Å². The second-order valence-electron chi connectivity index (χ2n) is 3.58. The van der Waals surface area contributed by atoms with Crippen LogP contribution in [0.25, 0.3) is 0 Å². The second kappa shape index (κ2) is 3.69. The normalized spacial score (nSPS) is 22.8. The Labute approximate surface area is 79.7 Å². The summed E-state index contributed by atoms with van der Waals surface area (Å²) in [6, 6.07) is 0. The number of aliphatic hydroxyl groups is 1. The Hall–Kier alpha value is 0.100. The van der Waals surface area contributed by atoms with Crippen molar-refractivity contribution in [3.63, 3.8) is 0 Å². The van der Waals surface area contributed by atoms with Gasteiger partial charge >= 0.3 is 5.51 Å². The van der Waals surface area contributed by atoms with Gasteiger partial charge in [-0.15, -0.1) is 0 Å². The third-order valence-corrected chi connectivity index (χ3v) is 3.38. The average Bonchev–Trinajstić information content (AvgIpc) is 2.65. The van der Waals surface area contributed by atoms with Gasteiger partial charge in [0.2, 0.25) is 0 Å². The highest BCUT2D eigenvalue weighted by atomic mass is 32.2. The molecule has 0 amide bonds. The van der Waals surface area contributed by atoms with E-state index in [9.17, 15) is 18.3 Å². The van der Waals surface area contributed by atoms with Crippen molar-refractivity contribution in [3.8, 4) is 0 Å². The maximum atomic E-state index is 11.8. The molecule has 1 aliphatic rings. The standard InChI is InChI=1S/C8H13F3OS/c1-6(12)7(2-3-7)4-5-13-8(9,10)11/h6,12H,2-5H2,1H3.